The molecule has 0 aromatic carbocycles. The molecule has 3 rings (SSSR count). The second-order valence-electron chi connectivity index (χ2n) is 14.6. The zero-order valence-electron chi connectivity index (χ0n) is 28.5. The zero-order chi connectivity index (χ0) is 31.7. The molecule has 3 fully saturated rings. The third-order valence-corrected chi connectivity index (χ3v) is 11.2. The van der Waals surface area contributed by atoms with Crippen LogP contribution in [0.2, 0.25) is 0 Å². The van der Waals surface area contributed by atoms with Gasteiger partial charge in [0.15, 0.2) is 6.29 Å². The Bertz CT molecular complexity index is 912. The number of ether oxygens (including phenoxy) is 4. The highest BCUT2D eigenvalue weighted by Crippen LogP contribution is 2.46. The largest absolute Gasteiger partial charge is 0.462 e. The maximum absolute atomic E-state index is 13.4. The average molecular weight is 596 g/mol. The highest BCUT2D eigenvalue weighted by atomic mass is 16.7. The van der Waals surface area contributed by atoms with E-state index in [9.17, 15) is 14.7 Å². The van der Waals surface area contributed by atoms with Crippen LogP contribution in [0.15, 0.2) is 0 Å². The van der Waals surface area contributed by atoms with Crippen molar-refractivity contribution >= 4 is 11.8 Å². The minimum Gasteiger partial charge on any atom is -0.462 e. The molecule has 7 unspecified atom stereocenters. The normalized spacial score (nSPS) is 48.0. The molecular formula is C34H61NO7. The van der Waals surface area contributed by atoms with Gasteiger partial charge in [-0.3, -0.25) is 9.59 Å². The molecule has 15 atom stereocenters. The van der Waals surface area contributed by atoms with Crippen LogP contribution in [0.5, 0.6) is 0 Å². The van der Waals surface area contributed by atoms with Crippen molar-refractivity contribution in [3.05, 3.63) is 0 Å². The second kappa shape index (κ2) is 14.4. The summed E-state index contributed by atoms with van der Waals surface area (Å²) in [5.74, 6) is 0.0333. The van der Waals surface area contributed by atoms with Crippen molar-refractivity contribution in [3.8, 4) is 0 Å². The molecule has 1 N–H and O–H groups in total. The van der Waals surface area contributed by atoms with Crippen LogP contribution in [0.25, 0.3) is 0 Å². The van der Waals surface area contributed by atoms with Crippen molar-refractivity contribution in [3.63, 3.8) is 0 Å². The summed E-state index contributed by atoms with van der Waals surface area (Å²) in [5, 5.41) is 11.4. The molecule has 8 nitrogen and oxygen atoms in total. The summed E-state index contributed by atoms with van der Waals surface area (Å²) in [5.41, 5.74) is -0.808. The Morgan fingerprint density at radius 1 is 0.929 bits per heavy atom. The molecule has 0 saturated carbocycles. The number of aliphatic hydroxyl groups excluding tert-OH is 1. The molecule has 244 valence electrons. The second-order valence-corrected chi connectivity index (χ2v) is 14.6. The van der Waals surface area contributed by atoms with Gasteiger partial charge >= 0.3 is 5.97 Å². The van der Waals surface area contributed by atoms with Gasteiger partial charge in [0, 0.05) is 36.6 Å². The number of hydrogen-bond donors (Lipinski definition) is 1. The molecule has 3 aliphatic rings. The monoisotopic (exact) mass is 595 g/mol. The number of esters is 1. The van der Waals surface area contributed by atoms with E-state index in [4.69, 9.17) is 18.9 Å². The van der Waals surface area contributed by atoms with Crippen molar-refractivity contribution in [2.24, 2.45) is 41.4 Å². The van der Waals surface area contributed by atoms with Crippen molar-refractivity contribution in [1.29, 1.82) is 0 Å². The summed E-state index contributed by atoms with van der Waals surface area (Å²) in [6.45, 7) is 20.8. The van der Waals surface area contributed by atoms with Gasteiger partial charge in [-0.05, 0) is 70.9 Å². The maximum Gasteiger partial charge on any atom is 0.306 e. The first-order chi connectivity index (χ1) is 19.6. The number of hydrogen-bond acceptors (Lipinski definition) is 8. The van der Waals surface area contributed by atoms with Gasteiger partial charge in [0.1, 0.15) is 17.5 Å². The molecule has 3 saturated heterocycles. The van der Waals surface area contributed by atoms with Crippen molar-refractivity contribution in [2.45, 2.75) is 150 Å². The minimum atomic E-state index is -0.817. The minimum absolute atomic E-state index is 0.0140. The van der Waals surface area contributed by atoms with Gasteiger partial charge in [-0.2, -0.15) is 0 Å². The number of ketones is 1. The fourth-order valence-electron chi connectivity index (χ4n) is 7.97. The Kier molecular flexibility index (Phi) is 12.1. The Labute approximate surface area is 255 Å². The summed E-state index contributed by atoms with van der Waals surface area (Å²) in [6, 6.07) is 0.309. The number of epoxide rings is 1. The van der Waals surface area contributed by atoms with Crippen LogP contribution in [-0.2, 0) is 28.5 Å². The van der Waals surface area contributed by atoms with E-state index in [-0.39, 0.29) is 84.7 Å². The highest BCUT2D eigenvalue weighted by Gasteiger charge is 2.60. The molecule has 8 heteroatoms. The van der Waals surface area contributed by atoms with Crippen molar-refractivity contribution < 1.29 is 33.6 Å². The Morgan fingerprint density at radius 2 is 1.57 bits per heavy atom. The predicted molar refractivity (Wildman–Crippen MR) is 164 cm³/mol. The molecule has 42 heavy (non-hydrogen) atoms. The molecule has 3 aliphatic heterocycles. The van der Waals surface area contributed by atoms with Gasteiger partial charge in [-0.15, -0.1) is 0 Å². The maximum atomic E-state index is 13.4. The molecule has 0 spiro atoms. The van der Waals surface area contributed by atoms with E-state index in [1.165, 1.54) is 0 Å². The van der Waals surface area contributed by atoms with Crippen LogP contribution < -0.4 is 0 Å². The number of fused-ring (bicyclic) bond motifs is 1. The zero-order valence-corrected chi connectivity index (χ0v) is 28.5. The molecule has 0 aromatic rings. The first-order valence-corrected chi connectivity index (χ1v) is 16.6. The van der Waals surface area contributed by atoms with Crippen LogP contribution in [0.1, 0.15) is 101 Å². The quantitative estimate of drug-likeness (QED) is 0.330. The number of carbonyl (C=O) groups is 2. The number of nitrogens with zero attached hydrogens (tertiary/aromatic N) is 1. The van der Waals surface area contributed by atoms with Gasteiger partial charge in [0.25, 0.3) is 0 Å². The lowest BCUT2D eigenvalue weighted by atomic mass is 9.77. The average Bonchev–Trinajstić information content (AvgIpc) is 3.58. The molecule has 0 aromatic heterocycles. The predicted octanol–water partition coefficient (Wildman–Crippen LogP) is 5.48. The first-order valence-electron chi connectivity index (χ1n) is 16.6. The standard InChI is InChI=1S/C34H61NO7/c1-13-25-27(14-2)40-29(37)16-18(3)21(6)31(41-33-23(8)30(35(11)12)22(7)24(9)39-33)20(5)15-19(4)26(36)17-28-34(10,42-28)32(25)38/h18-25,27-28,30-33,38H,13-17H2,1-12H3/t18-,19-,20+,21+,22?,23?,24?,25-,27-,28?,30?,31+,32+,33?,34?/m1/s1. The summed E-state index contributed by atoms with van der Waals surface area (Å²) < 4.78 is 25.5. The Balaban J connectivity index is 1.90. The SMILES string of the molecule is CC[C@@H]1[C@@H](CC)OC(=O)C[C@@H](C)[C@H](C)[C@@H](OC2OC(C)C(C)C(N(C)C)C2C)[C@@H](C)C[C@@H](C)C(=O)CC2OC2(C)[C@H]1O. The van der Waals surface area contributed by atoms with Crippen molar-refractivity contribution in [1.82, 2.24) is 4.90 Å². The van der Waals surface area contributed by atoms with Crippen LogP contribution in [0.3, 0.4) is 0 Å². The van der Waals surface area contributed by atoms with Gasteiger partial charge in [-0.25, -0.2) is 0 Å². The summed E-state index contributed by atoms with van der Waals surface area (Å²) in [4.78, 5) is 29.0. The first kappa shape index (κ1) is 35.4. The van der Waals surface area contributed by atoms with Crippen LogP contribution >= 0.6 is 0 Å². The lowest BCUT2D eigenvalue weighted by molar-refractivity contribution is -0.275. The van der Waals surface area contributed by atoms with E-state index in [1.807, 2.05) is 27.7 Å². The third-order valence-electron chi connectivity index (χ3n) is 11.2. The number of Topliss-reactive ketones (excluding diaryl/α,β-unsaturated/α-hetero) is 1. The smallest absolute Gasteiger partial charge is 0.306 e. The highest BCUT2D eigenvalue weighted by molar-refractivity contribution is 5.81. The molecular weight excluding hydrogens is 534 g/mol. The fourth-order valence-corrected chi connectivity index (χ4v) is 7.97. The lowest BCUT2D eigenvalue weighted by Crippen LogP contribution is -2.56. The van der Waals surface area contributed by atoms with E-state index in [0.717, 1.165) is 0 Å². The topological polar surface area (TPSA) is 97.8 Å². The fraction of sp³-hybridized carbons (Fsp3) is 0.941. The van der Waals surface area contributed by atoms with Gasteiger partial charge in [-0.1, -0.05) is 55.4 Å². The number of rotatable bonds is 5. The van der Waals surface area contributed by atoms with Gasteiger partial charge < -0.3 is 29.0 Å². The van der Waals surface area contributed by atoms with E-state index in [1.54, 1.807) is 0 Å². The molecule has 3 heterocycles. The lowest BCUT2D eigenvalue weighted by Gasteiger charge is -2.48. The number of cyclic esters (lactones) is 1. The van der Waals surface area contributed by atoms with Crippen molar-refractivity contribution in [2.75, 3.05) is 14.1 Å². The van der Waals surface area contributed by atoms with Crippen LogP contribution in [0.4, 0.5) is 0 Å². The van der Waals surface area contributed by atoms with E-state index in [2.05, 4.69) is 60.5 Å². The molecule has 0 radical (unpaired) electrons. The molecule has 0 bridgehead atoms. The van der Waals surface area contributed by atoms with E-state index in [0.29, 0.717) is 31.2 Å². The Hall–Kier alpha value is -1.06. The van der Waals surface area contributed by atoms with Crippen LogP contribution in [-0.4, -0.2) is 84.3 Å². The molecule has 0 aliphatic carbocycles. The summed E-state index contributed by atoms with van der Waals surface area (Å²) >= 11 is 0. The van der Waals surface area contributed by atoms with Crippen LogP contribution in [0, 0.1) is 41.4 Å². The van der Waals surface area contributed by atoms with Gasteiger partial charge in [0.05, 0.1) is 24.4 Å². The molecule has 0 amide bonds. The van der Waals surface area contributed by atoms with E-state index >= 15 is 0 Å². The number of carbonyl (C=O) groups excluding carboxylic acids is 2. The van der Waals surface area contributed by atoms with Gasteiger partial charge in [0.2, 0.25) is 0 Å². The third kappa shape index (κ3) is 7.59. The number of aliphatic hydroxyl groups is 1. The Morgan fingerprint density at radius 3 is 2.14 bits per heavy atom. The summed E-state index contributed by atoms with van der Waals surface area (Å²) in [7, 11) is 4.23. The summed E-state index contributed by atoms with van der Waals surface area (Å²) in [6.07, 6.45) is 0.333. The van der Waals surface area contributed by atoms with E-state index < -0.39 is 17.8 Å².